The number of aliphatic carboxylic acids is 1. The number of carbonyl (C=O) groups excluding carboxylic acids is 1. The molecule has 0 fully saturated rings. The van der Waals surface area contributed by atoms with E-state index in [1.54, 1.807) is 30.3 Å². The first kappa shape index (κ1) is 13.9. The lowest BCUT2D eigenvalue weighted by molar-refractivity contribution is -0.304. The monoisotopic (exact) mass is 295 g/mol. The summed E-state index contributed by atoms with van der Waals surface area (Å²) in [6.07, 6.45) is -0.224. The Labute approximate surface area is 119 Å². The van der Waals surface area contributed by atoms with Crippen LogP contribution in [0.2, 0.25) is 5.02 Å². The third kappa shape index (κ3) is 3.98. The fraction of sp³-hybridized carbons (Fsp3) is 0.0714. The molecule has 0 saturated heterocycles. The van der Waals surface area contributed by atoms with Crippen LogP contribution in [0.25, 0.3) is 0 Å². The normalized spacial score (nSPS) is 10.4. The molecular weight excluding hydrogens is 287 g/mol. The van der Waals surface area contributed by atoms with E-state index in [1.165, 1.54) is 23.9 Å². The van der Waals surface area contributed by atoms with E-state index in [9.17, 15) is 14.3 Å². The molecule has 2 nitrogen and oxygen atoms in total. The van der Waals surface area contributed by atoms with Gasteiger partial charge in [-0.05, 0) is 42.0 Å². The molecule has 0 aromatic heterocycles. The Morgan fingerprint density at radius 1 is 1.26 bits per heavy atom. The van der Waals surface area contributed by atoms with E-state index < -0.39 is 5.97 Å². The molecule has 2 rings (SSSR count). The maximum atomic E-state index is 13.1. The summed E-state index contributed by atoms with van der Waals surface area (Å²) in [7, 11) is 0. The Balaban J connectivity index is 2.31. The predicted molar refractivity (Wildman–Crippen MR) is 70.7 cm³/mol. The zero-order valence-electron chi connectivity index (χ0n) is 9.73. The topological polar surface area (TPSA) is 40.1 Å². The maximum Gasteiger partial charge on any atom is 0.124 e. The van der Waals surface area contributed by atoms with E-state index >= 15 is 0 Å². The van der Waals surface area contributed by atoms with Gasteiger partial charge >= 0.3 is 0 Å². The van der Waals surface area contributed by atoms with Crippen molar-refractivity contribution in [1.82, 2.24) is 0 Å². The van der Waals surface area contributed by atoms with E-state index in [0.29, 0.717) is 15.5 Å². The number of carboxylic acids is 1. The maximum absolute atomic E-state index is 13.1. The molecule has 5 heteroatoms. The molecule has 0 spiro atoms. The second kappa shape index (κ2) is 6.08. The summed E-state index contributed by atoms with van der Waals surface area (Å²) in [4.78, 5) is 12.1. The zero-order chi connectivity index (χ0) is 13.8. The Morgan fingerprint density at radius 3 is 2.74 bits per heavy atom. The molecule has 0 aliphatic heterocycles. The highest BCUT2D eigenvalue weighted by atomic mass is 35.5. The Kier molecular flexibility index (Phi) is 4.45. The van der Waals surface area contributed by atoms with Crippen molar-refractivity contribution in [3.8, 4) is 0 Å². The van der Waals surface area contributed by atoms with Crippen LogP contribution < -0.4 is 5.11 Å². The van der Waals surface area contributed by atoms with Gasteiger partial charge in [0.2, 0.25) is 0 Å². The van der Waals surface area contributed by atoms with Crippen LogP contribution in [-0.4, -0.2) is 5.97 Å². The zero-order valence-corrected chi connectivity index (χ0v) is 11.3. The third-order valence-corrected chi connectivity index (χ3v) is 3.72. The van der Waals surface area contributed by atoms with Crippen molar-refractivity contribution < 1.29 is 14.3 Å². The van der Waals surface area contributed by atoms with Crippen LogP contribution in [0.5, 0.6) is 0 Å². The molecule has 0 bridgehead atoms. The molecule has 0 unspecified atom stereocenters. The van der Waals surface area contributed by atoms with Crippen molar-refractivity contribution >= 4 is 29.3 Å². The molecule has 98 valence electrons. The van der Waals surface area contributed by atoms with Crippen molar-refractivity contribution in [1.29, 1.82) is 0 Å². The average molecular weight is 296 g/mol. The van der Waals surface area contributed by atoms with Gasteiger partial charge in [0, 0.05) is 27.2 Å². The first-order valence-corrected chi connectivity index (χ1v) is 6.66. The smallest absolute Gasteiger partial charge is 0.124 e. The summed E-state index contributed by atoms with van der Waals surface area (Å²) in [5, 5.41) is 11.2. The molecule has 0 aliphatic rings. The largest absolute Gasteiger partial charge is 0.550 e. The van der Waals surface area contributed by atoms with Gasteiger partial charge in [0.15, 0.2) is 0 Å². The summed E-state index contributed by atoms with van der Waals surface area (Å²) in [5.74, 6) is -1.51. The van der Waals surface area contributed by atoms with Crippen molar-refractivity contribution in [2.45, 2.75) is 16.2 Å². The Hall–Kier alpha value is -1.52. The second-order valence-corrected chi connectivity index (χ2v) is 5.41. The second-order valence-electron chi connectivity index (χ2n) is 3.86. The van der Waals surface area contributed by atoms with E-state index in [1.807, 2.05) is 0 Å². The van der Waals surface area contributed by atoms with Crippen molar-refractivity contribution in [3.63, 3.8) is 0 Å². The first-order chi connectivity index (χ1) is 9.04. The predicted octanol–water partition coefficient (Wildman–Crippen LogP) is 2.92. The average Bonchev–Trinajstić information content (AvgIpc) is 2.32. The summed E-state index contributed by atoms with van der Waals surface area (Å²) < 4.78 is 13.1. The summed E-state index contributed by atoms with van der Waals surface area (Å²) >= 11 is 7.14. The van der Waals surface area contributed by atoms with Crippen LogP contribution in [0.3, 0.4) is 0 Å². The molecule has 0 atom stereocenters. The number of benzene rings is 2. The summed E-state index contributed by atoms with van der Waals surface area (Å²) in [6.45, 7) is 0. The Bertz CT molecular complexity index is 616. The highest BCUT2D eigenvalue weighted by Gasteiger charge is 2.07. The SMILES string of the molecule is O=C([O-])Cc1cc(Cl)ccc1Sc1cccc(F)c1. The van der Waals surface area contributed by atoms with Crippen LogP contribution in [-0.2, 0) is 11.2 Å². The van der Waals surface area contributed by atoms with E-state index in [2.05, 4.69) is 0 Å². The fourth-order valence-electron chi connectivity index (χ4n) is 1.60. The summed E-state index contributed by atoms with van der Waals surface area (Å²) in [6, 6.07) is 11.1. The minimum atomic E-state index is -1.18. The van der Waals surface area contributed by atoms with Gasteiger partial charge in [-0.1, -0.05) is 29.4 Å². The lowest BCUT2D eigenvalue weighted by atomic mass is 10.1. The number of rotatable bonds is 4. The molecule has 0 heterocycles. The molecule has 2 aromatic carbocycles. The van der Waals surface area contributed by atoms with Gasteiger partial charge in [-0.3, -0.25) is 0 Å². The van der Waals surface area contributed by atoms with E-state index in [4.69, 9.17) is 11.6 Å². The number of carbonyl (C=O) groups is 1. The van der Waals surface area contributed by atoms with Gasteiger partial charge in [0.25, 0.3) is 0 Å². The van der Waals surface area contributed by atoms with Crippen molar-refractivity contribution in [3.05, 3.63) is 58.9 Å². The lowest BCUT2D eigenvalue weighted by Gasteiger charge is -2.10. The first-order valence-electron chi connectivity index (χ1n) is 5.46. The van der Waals surface area contributed by atoms with Crippen molar-refractivity contribution in [2.24, 2.45) is 0 Å². The van der Waals surface area contributed by atoms with Crippen LogP contribution in [0, 0.1) is 5.82 Å². The van der Waals surface area contributed by atoms with E-state index in [0.717, 1.165) is 4.90 Å². The van der Waals surface area contributed by atoms with Crippen LogP contribution in [0.15, 0.2) is 52.3 Å². The molecule has 0 saturated carbocycles. The van der Waals surface area contributed by atoms with Crippen LogP contribution in [0.1, 0.15) is 5.56 Å². The van der Waals surface area contributed by atoms with Crippen LogP contribution >= 0.6 is 23.4 Å². The van der Waals surface area contributed by atoms with Crippen LogP contribution in [0.4, 0.5) is 4.39 Å². The summed E-state index contributed by atoms with van der Waals surface area (Å²) in [5.41, 5.74) is 0.557. The minimum Gasteiger partial charge on any atom is -0.550 e. The molecule has 0 radical (unpaired) electrons. The number of hydrogen-bond acceptors (Lipinski definition) is 3. The number of carboxylic acid groups (broad SMARTS) is 1. The molecule has 0 N–H and O–H groups in total. The number of hydrogen-bond donors (Lipinski definition) is 0. The molecule has 0 amide bonds. The molecule has 0 aliphatic carbocycles. The van der Waals surface area contributed by atoms with Crippen molar-refractivity contribution in [2.75, 3.05) is 0 Å². The molecule has 2 aromatic rings. The number of halogens is 2. The Morgan fingerprint density at radius 2 is 2.05 bits per heavy atom. The van der Waals surface area contributed by atoms with E-state index in [-0.39, 0.29) is 12.2 Å². The van der Waals surface area contributed by atoms with Gasteiger partial charge in [0.1, 0.15) is 5.82 Å². The molecule has 19 heavy (non-hydrogen) atoms. The molecular formula is C14H9ClFO2S-. The van der Waals surface area contributed by atoms with Gasteiger partial charge in [-0.2, -0.15) is 0 Å². The highest BCUT2D eigenvalue weighted by molar-refractivity contribution is 7.99. The van der Waals surface area contributed by atoms with Gasteiger partial charge in [0.05, 0.1) is 0 Å². The fourth-order valence-corrected chi connectivity index (χ4v) is 2.76. The quantitative estimate of drug-likeness (QED) is 0.871. The minimum absolute atomic E-state index is 0.224. The van der Waals surface area contributed by atoms with Gasteiger partial charge in [-0.25, -0.2) is 4.39 Å². The third-order valence-electron chi connectivity index (χ3n) is 2.38. The highest BCUT2D eigenvalue weighted by Crippen LogP contribution is 2.32. The standard InChI is InChI=1S/C14H10ClFO2S/c15-10-4-5-13(9(6-10)7-14(17)18)19-12-3-1-2-11(16)8-12/h1-6,8H,7H2,(H,17,18)/p-1. The van der Waals surface area contributed by atoms with Gasteiger partial charge < -0.3 is 9.90 Å². The van der Waals surface area contributed by atoms with Gasteiger partial charge in [-0.15, -0.1) is 0 Å². The lowest BCUT2D eigenvalue weighted by Crippen LogP contribution is -2.24.